The van der Waals surface area contributed by atoms with Gasteiger partial charge in [-0.25, -0.2) is 0 Å². The second kappa shape index (κ2) is 5.38. The maximum absolute atomic E-state index is 2.55. The van der Waals surface area contributed by atoms with Crippen molar-refractivity contribution in [2.24, 2.45) is 0 Å². The van der Waals surface area contributed by atoms with Crippen molar-refractivity contribution in [2.45, 2.75) is 45.2 Å². The Morgan fingerprint density at radius 2 is 2.05 bits per heavy atom. The molecule has 2 nitrogen and oxygen atoms in total. The summed E-state index contributed by atoms with van der Waals surface area (Å²) in [5, 5.41) is 1.37. The Hall–Kier alpha value is -1.28. The fourth-order valence-electron chi connectivity index (χ4n) is 3.43. The lowest BCUT2D eigenvalue weighted by Gasteiger charge is -2.32. The molecule has 2 heteroatoms. The van der Waals surface area contributed by atoms with E-state index in [2.05, 4.69) is 53.8 Å². The van der Waals surface area contributed by atoms with Gasteiger partial charge < -0.3 is 9.47 Å². The lowest BCUT2D eigenvalue weighted by Crippen LogP contribution is -2.36. The predicted octanol–water partition coefficient (Wildman–Crippen LogP) is 3.82. The third-order valence-electron chi connectivity index (χ3n) is 4.63. The lowest BCUT2D eigenvalue weighted by atomic mass is 10.00. The highest BCUT2D eigenvalue weighted by atomic mass is 15.1. The van der Waals surface area contributed by atoms with E-state index in [1.54, 1.807) is 0 Å². The molecule has 1 unspecified atom stereocenters. The van der Waals surface area contributed by atoms with Crippen LogP contribution in [0.2, 0.25) is 0 Å². The van der Waals surface area contributed by atoms with Crippen LogP contribution in [0.4, 0.5) is 0 Å². The maximum Gasteiger partial charge on any atom is 0.0482 e. The lowest BCUT2D eigenvalue weighted by molar-refractivity contribution is 0.171. The minimum absolute atomic E-state index is 0.773. The molecule has 1 fully saturated rings. The van der Waals surface area contributed by atoms with Crippen LogP contribution in [-0.4, -0.2) is 29.1 Å². The predicted molar refractivity (Wildman–Crippen MR) is 81.6 cm³/mol. The van der Waals surface area contributed by atoms with E-state index in [0.29, 0.717) is 0 Å². The Bertz CT molecular complexity index is 555. The van der Waals surface area contributed by atoms with E-state index in [1.807, 2.05) is 0 Å². The monoisotopic (exact) mass is 256 g/mol. The summed E-state index contributed by atoms with van der Waals surface area (Å²) in [4.78, 5) is 2.55. The third kappa shape index (κ3) is 2.55. The highest BCUT2D eigenvalue weighted by Gasteiger charge is 2.18. The first-order valence-electron chi connectivity index (χ1n) is 7.51. The molecule has 0 bridgehead atoms. The molecule has 1 aliphatic heterocycles. The summed E-state index contributed by atoms with van der Waals surface area (Å²) in [5.74, 6) is 0. The van der Waals surface area contributed by atoms with Gasteiger partial charge in [0, 0.05) is 23.8 Å². The zero-order valence-electron chi connectivity index (χ0n) is 12.1. The van der Waals surface area contributed by atoms with Gasteiger partial charge in [-0.15, -0.1) is 0 Å². The number of nitrogens with zero attached hydrogens (tertiary/aromatic N) is 2. The van der Waals surface area contributed by atoms with Crippen molar-refractivity contribution < 1.29 is 0 Å². The van der Waals surface area contributed by atoms with E-state index in [0.717, 1.165) is 12.6 Å². The number of para-hydroxylation sites is 1. The first-order valence-corrected chi connectivity index (χ1v) is 7.51. The number of fused-ring (bicyclic) bond motifs is 1. The largest absolute Gasteiger partial charge is 0.345 e. The summed E-state index contributed by atoms with van der Waals surface area (Å²) in [6.07, 6.45) is 5.42. The number of aryl methyl sites for hydroxylation is 2. The van der Waals surface area contributed by atoms with E-state index in [1.165, 1.54) is 48.8 Å². The average molecular weight is 256 g/mol. The number of benzene rings is 1. The molecule has 0 amide bonds. The molecule has 0 radical (unpaired) electrons. The van der Waals surface area contributed by atoms with Gasteiger partial charge in [0.25, 0.3) is 0 Å². The van der Waals surface area contributed by atoms with Gasteiger partial charge in [0.2, 0.25) is 0 Å². The van der Waals surface area contributed by atoms with Crippen LogP contribution in [0.1, 0.15) is 31.4 Å². The first-order chi connectivity index (χ1) is 9.25. The molecule has 1 aromatic carbocycles. The molecule has 0 N–H and O–H groups in total. The minimum atomic E-state index is 0.773. The van der Waals surface area contributed by atoms with Crippen LogP contribution in [0, 0.1) is 6.92 Å². The summed E-state index contributed by atoms with van der Waals surface area (Å²) < 4.78 is 2.48. The molecule has 3 rings (SSSR count). The number of piperidine rings is 1. The van der Waals surface area contributed by atoms with Gasteiger partial charge in [-0.1, -0.05) is 24.6 Å². The van der Waals surface area contributed by atoms with Crippen molar-refractivity contribution in [1.82, 2.24) is 9.47 Å². The molecule has 0 aliphatic carbocycles. The fraction of sp³-hybridized carbons (Fsp3) is 0.529. The van der Waals surface area contributed by atoms with Crippen molar-refractivity contribution in [3.8, 4) is 0 Å². The van der Waals surface area contributed by atoms with Gasteiger partial charge in [-0.05, 0) is 57.3 Å². The standard InChI is InChI=1S/C17H24N2/c1-14-13-15-7-3-4-9-17(15)19(14)12-10-16-8-5-6-11-18(16)2/h3-4,7,9,13,16H,5-6,8,10-12H2,1-2H3. The Morgan fingerprint density at radius 1 is 1.21 bits per heavy atom. The Morgan fingerprint density at radius 3 is 2.89 bits per heavy atom. The van der Waals surface area contributed by atoms with Gasteiger partial charge in [0.15, 0.2) is 0 Å². The second-order valence-corrected chi connectivity index (χ2v) is 5.92. The van der Waals surface area contributed by atoms with Gasteiger partial charge in [-0.2, -0.15) is 0 Å². The molecular formula is C17H24N2. The topological polar surface area (TPSA) is 8.17 Å². The van der Waals surface area contributed by atoms with Crippen LogP contribution in [0.25, 0.3) is 10.9 Å². The quantitative estimate of drug-likeness (QED) is 0.810. The zero-order valence-corrected chi connectivity index (χ0v) is 12.1. The summed E-state index contributed by atoms with van der Waals surface area (Å²) in [5.41, 5.74) is 2.78. The van der Waals surface area contributed by atoms with E-state index < -0.39 is 0 Å². The molecule has 1 saturated heterocycles. The molecule has 0 saturated carbocycles. The van der Waals surface area contributed by atoms with Crippen LogP contribution in [0.15, 0.2) is 30.3 Å². The van der Waals surface area contributed by atoms with Crippen molar-refractivity contribution in [2.75, 3.05) is 13.6 Å². The summed E-state index contributed by atoms with van der Waals surface area (Å²) in [6.45, 7) is 4.65. The summed E-state index contributed by atoms with van der Waals surface area (Å²) in [7, 11) is 2.28. The molecule has 19 heavy (non-hydrogen) atoms. The number of aromatic nitrogens is 1. The highest BCUT2D eigenvalue weighted by molar-refractivity contribution is 5.81. The van der Waals surface area contributed by atoms with E-state index >= 15 is 0 Å². The molecule has 102 valence electrons. The third-order valence-corrected chi connectivity index (χ3v) is 4.63. The maximum atomic E-state index is 2.55. The summed E-state index contributed by atoms with van der Waals surface area (Å²) >= 11 is 0. The smallest absolute Gasteiger partial charge is 0.0482 e. The van der Waals surface area contributed by atoms with Crippen LogP contribution < -0.4 is 0 Å². The second-order valence-electron chi connectivity index (χ2n) is 5.92. The Kier molecular flexibility index (Phi) is 3.61. The molecule has 2 aromatic rings. The van der Waals surface area contributed by atoms with Gasteiger partial charge in [0.05, 0.1) is 0 Å². The highest BCUT2D eigenvalue weighted by Crippen LogP contribution is 2.22. The van der Waals surface area contributed by atoms with Gasteiger partial charge in [0.1, 0.15) is 0 Å². The Labute approximate surface area is 116 Å². The van der Waals surface area contributed by atoms with Crippen LogP contribution >= 0.6 is 0 Å². The van der Waals surface area contributed by atoms with Crippen molar-refractivity contribution in [3.63, 3.8) is 0 Å². The molecule has 1 aliphatic rings. The zero-order chi connectivity index (χ0) is 13.2. The van der Waals surface area contributed by atoms with Crippen molar-refractivity contribution in [1.29, 1.82) is 0 Å². The van der Waals surface area contributed by atoms with E-state index in [9.17, 15) is 0 Å². The van der Waals surface area contributed by atoms with Crippen LogP contribution in [0.5, 0.6) is 0 Å². The van der Waals surface area contributed by atoms with Gasteiger partial charge >= 0.3 is 0 Å². The molecule has 0 spiro atoms. The number of hydrogen-bond donors (Lipinski definition) is 0. The average Bonchev–Trinajstić information content (AvgIpc) is 2.74. The van der Waals surface area contributed by atoms with Crippen LogP contribution in [-0.2, 0) is 6.54 Å². The minimum Gasteiger partial charge on any atom is -0.345 e. The van der Waals surface area contributed by atoms with Gasteiger partial charge in [-0.3, -0.25) is 0 Å². The molecule has 1 atom stereocenters. The SMILES string of the molecule is Cc1cc2ccccc2n1CCC1CCCCN1C. The first kappa shape index (κ1) is 12.7. The molecule has 1 aromatic heterocycles. The Balaban J connectivity index is 1.76. The van der Waals surface area contributed by atoms with Crippen LogP contribution in [0.3, 0.4) is 0 Å². The van der Waals surface area contributed by atoms with Crippen molar-refractivity contribution >= 4 is 10.9 Å². The van der Waals surface area contributed by atoms with Crippen molar-refractivity contribution in [3.05, 3.63) is 36.0 Å². The van der Waals surface area contributed by atoms with E-state index in [-0.39, 0.29) is 0 Å². The number of rotatable bonds is 3. The fourth-order valence-corrected chi connectivity index (χ4v) is 3.43. The summed E-state index contributed by atoms with van der Waals surface area (Å²) in [6, 6.07) is 11.8. The molecular weight excluding hydrogens is 232 g/mol. The molecule has 2 heterocycles. The normalized spacial score (nSPS) is 21.1. The number of hydrogen-bond acceptors (Lipinski definition) is 1. The van der Waals surface area contributed by atoms with E-state index in [4.69, 9.17) is 0 Å². The number of likely N-dealkylation sites (tertiary alicyclic amines) is 1.